The fourth-order valence-electron chi connectivity index (χ4n) is 0. The molecule has 0 saturated carbocycles. The molecular formula is CH10HeO3. The maximum Gasteiger partial charge on any atom is 0 e. The van der Waals surface area contributed by atoms with E-state index in [9.17, 15) is 0 Å². The molecule has 0 heterocycles. The first-order chi connectivity index (χ1) is 0. The average Bonchev–Trinajstić information content (AvgIpc) is 0. The van der Waals surface area contributed by atoms with Gasteiger partial charge in [0.05, 0.1) is 0 Å². The molecule has 0 fully saturated rings. The van der Waals surface area contributed by atoms with Crippen LogP contribution in [0, 0.1) is 6.15 Å². The van der Waals surface area contributed by atoms with E-state index in [1.165, 1.54) is 0 Å². The molecule has 0 unspecified atom stereocenters. The smallest absolute Gasteiger partial charge is 0 e. The van der Waals surface area contributed by atoms with Crippen molar-refractivity contribution in [3.63, 3.8) is 0 Å². The van der Waals surface area contributed by atoms with Crippen LogP contribution in [-0.4, -0.2) is 16.4 Å². The van der Waals surface area contributed by atoms with Crippen LogP contribution in [-0.2, 0) is 0 Å². The summed E-state index contributed by atoms with van der Waals surface area (Å²) in [7, 11) is 0. The van der Waals surface area contributed by atoms with E-state index in [4.69, 9.17) is 0 Å². The Bertz CT molecular complexity index is 6.85. The van der Waals surface area contributed by atoms with Gasteiger partial charge in [-0.15, -0.1) is 0 Å². The zero-order chi connectivity index (χ0) is 0. The van der Waals surface area contributed by atoms with Gasteiger partial charge in [0.15, 0.2) is 0 Å². The molecule has 5 heavy (non-hydrogen) atoms. The molecule has 0 saturated heterocycles. The summed E-state index contributed by atoms with van der Waals surface area (Å²) in [5, 5.41) is 0. The number of hydrogen-bond acceptors (Lipinski definition) is 0. The molecule has 0 aliphatic carbocycles. The minimum Gasteiger partial charge on any atom is -0.412 e. The summed E-state index contributed by atoms with van der Waals surface area (Å²) in [4.78, 5) is 0. The molecule has 34 valence electrons. The van der Waals surface area contributed by atoms with E-state index < -0.39 is 0 Å². The summed E-state index contributed by atoms with van der Waals surface area (Å²) < 4.78 is 0. The summed E-state index contributed by atoms with van der Waals surface area (Å²) in [6, 6.07) is 0. The van der Waals surface area contributed by atoms with Crippen LogP contribution in [0.1, 0.15) is 7.43 Å². The summed E-state index contributed by atoms with van der Waals surface area (Å²) in [6.07, 6.45) is 0. The van der Waals surface area contributed by atoms with Crippen LogP contribution in [0.25, 0.3) is 0 Å². The quantitative estimate of drug-likeness (QED) is 0.323. The Kier molecular flexibility index (Phi) is 205000. The van der Waals surface area contributed by atoms with E-state index in [0.717, 1.165) is 0 Å². The molecule has 6 N–H and O–H groups in total. The van der Waals surface area contributed by atoms with Gasteiger partial charge in [0, 0.05) is 6.15 Å². The second-order valence-corrected chi connectivity index (χ2v) is 0. The van der Waals surface area contributed by atoms with E-state index in [0.29, 0.717) is 0 Å². The molecule has 0 radical (unpaired) electrons. The maximum absolute atomic E-state index is 0. The van der Waals surface area contributed by atoms with Gasteiger partial charge in [-0.1, -0.05) is 7.43 Å². The normalized spacial score (nSPS) is 0. The van der Waals surface area contributed by atoms with Crippen molar-refractivity contribution in [3.05, 3.63) is 0 Å². The van der Waals surface area contributed by atoms with Crippen LogP contribution in [0.15, 0.2) is 0 Å². The fourth-order valence-corrected chi connectivity index (χ4v) is 0. The molecule has 0 aliphatic heterocycles. The van der Waals surface area contributed by atoms with Crippen molar-refractivity contribution < 1.29 is 22.6 Å². The van der Waals surface area contributed by atoms with Crippen LogP contribution < -0.4 is 0 Å². The third-order valence-corrected chi connectivity index (χ3v) is 0. The molecule has 0 amide bonds. The minimum absolute atomic E-state index is 0. The Balaban J connectivity index is 0. The van der Waals surface area contributed by atoms with E-state index in [1.807, 2.05) is 0 Å². The van der Waals surface area contributed by atoms with Crippen molar-refractivity contribution in [2.75, 3.05) is 0 Å². The molecule has 0 rings (SSSR count). The van der Waals surface area contributed by atoms with E-state index in [-0.39, 0.29) is 30.0 Å². The first kappa shape index (κ1) is 1550. The Morgan fingerprint density at radius 3 is 0.600 bits per heavy atom. The zero-order valence-electron chi connectivity index (χ0n) is 2.21. The number of rotatable bonds is 0. The van der Waals surface area contributed by atoms with Gasteiger partial charge in [-0.2, -0.15) is 0 Å². The van der Waals surface area contributed by atoms with Crippen molar-refractivity contribution in [3.8, 4) is 0 Å². The van der Waals surface area contributed by atoms with Crippen LogP contribution in [0.2, 0.25) is 0 Å². The van der Waals surface area contributed by atoms with Gasteiger partial charge in [-0.25, -0.2) is 0 Å². The summed E-state index contributed by atoms with van der Waals surface area (Å²) in [5.41, 5.74) is 0. The van der Waals surface area contributed by atoms with Crippen LogP contribution >= 0.6 is 0 Å². The fraction of sp³-hybridized carbons (Fsp3) is 1.00. The molecule has 0 spiro atoms. The molecule has 0 aromatic carbocycles. The van der Waals surface area contributed by atoms with Crippen molar-refractivity contribution in [2.45, 2.75) is 7.43 Å². The third-order valence-electron chi connectivity index (χ3n) is 0. The SMILES string of the molecule is C.O.O.O.[He]. The van der Waals surface area contributed by atoms with Crippen molar-refractivity contribution in [1.82, 2.24) is 0 Å². The second-order valence-electron chi connectivity index (χ2n) is 0. The van der Waals surface area contributed by atoms with E-state index in [1.54, 1.807) is 0 Å². The van der Waals surface area contributed by atoms with Crippen LogP contribution in [0.4, 0.5) is 0 Å². The Labute approximate surface area is 31.3 Å². The monoisotopic (exact) mass is 74.1 g/mol. The van der Waals surface area contributed by atoms with Gasteiger partial charge >= 0.3 is 0 Å². The van der Waals surface area contributed by atoms with E-state index >= 15 is 0 Å². The van der Waals surface area contributed by atoms with Crippen LogP contribution in [0.3, 0.4) is 0 Å². The predicted molar refractivity (Wildman–Crippen MR) is 17.6 cm³/mol. The van der Waals surface area contributed by atoms with Gasteiger partial charge in [0.2, 0.25) is 0 Å². The molecule has 0 atom stereocenters. The molecule has 0 aliphatic rings. The predicted octanol–water partition coefficient (Wildman–Crippen LogP) is -1.84. The average molecular weight is 74.1 g/mol. The standard InChI is InChI=1S/CH4.He.3H2O/h1H4;;3*1H2. The molecule has 3 nitrogen and oxygen atoms in total. The third kappa shape index (κ3) is 273. The Morgan fingerprint density at radius 1 is 0.600 bits per heavy atom. The zero-order valence-corrected chi connectivity index (χ0v) is 2.21. The summed E-state index contributed by atoms with van der Waals surface area (Å²) >= 11 is 0. The first-order valence-electron chi connectivity index (χ1n) is 0. The van der Waals surface area contributed by atoms with Gasteiger partial charge in [-0.3, -0.25) is 0 Å². The molecule has 0 aromatic heterocycles. The topological polar surface area (TPSA) is 94.5 Å². The molecular weight excluding hydrogens is 64.0 g/mol. The maximum atomic E-state index is 0. The van der Waals surface area contributed by atoms with Gasteiger partial charge in [0.25, 0.3) is 0 Å². The van der Waals surface area contributed by atoms with E-state index in [2.05, 4.69) is 0 Å². The largest absolute Gasteiger partial charge is 0.412 e. The Hall–Kier alpha value is -0.211. The molecule has 0 bridgehead atoms. The van der Waals surface area contributed by atoms with Crippen LogP contribution in [0.5, 0.6) is 0 Å². The summed E-state index contributed by atoms with van der Waals surface area (Å²) in [5.74, 6) is 0. The number of hydrogen-bond donors (Lipinski definition) is 0. The minimum atomic E-state index is 0. The van der Waals surface area contributed by atoms with Crippen molar-refractivity contribution >= 4 is 0 Å². The van der Waals surface area contributed by atoms with Gasteiger partial charge in [-0.05, 0) is 0 Å². The second kappa shape index (κ2) is 663. The molecule has 4 heteroatoms. The van der Waals surface area contributed by atoms with Gasteiger partial charge in [0.1, 0.15) is 0 Å². The Morgan fingerprint density at radius 2 is 0.600 bits per heavy atom. The first-order valence-corrected chi connectivity index (χ1v) is 0. The van der Waals surface area contributed by atoms with Crippen molar-refractivity contribution in [1.29, 1.82) is 0 Å². The van der Waals surface area contributed by atoms with Gasteiger partial charge < -0.3 is 16.4 Å². The summed E-state index contributed by atoms with van der Waals surface area (Å²) in [6.45, 7) is 0. The van der Waals surface area contributed by atoms with Crippen molar-refractivity contribution in [2.24, 2.45) is 0 Å². The molecule has 0 aromatic rings.